The SMILES string of the molecule is CN1Cc2cc(Nc3ncc4c(=O)n5n(c4n3)-c3ccc4c(c3)N(CCC=CC5)C(=O)CO4)ccc2C2(CC2)C1. The number of nitrogens with zero attached hydrogens (tertiary/aromatic N) is 6. The topological polar surface area (TPSA) is 97.5 Å². The Balaban J connectivity index is 1.23. The number of hydrogen-bond donors (Lipinski definition) is 1. The van der Waals surface area contributed by atoms with Gasteiger partial charge < -0.3 is 19.9 Å². The van der Waals surface area contributed by atoms with Gasteiger partial charge in [0.05, 0.1) is 17.9 Å². The molecule has 10 nitrogen and oxygen atoms in total. The van der Waals surface area contributed by atoms with Crippen molar-refractivity contribution in [2.75, 3.05) is 37.0 Å². The van der Waals surface area contributed by atoms with Crippen LogP contribution in [0, 0.1) is 0 Å². The van der Waals surface area contributed by atoms with Crippen LogP contribution in [0.25, 0.3) is 16.7 Å². The van der Waals surface area contributed by atoms with E-state index in [1.807, 2.05) is 35.0 Å². The summed E-state index contributed by atoms with van der Waals surface area (Å²) in [4.78, 5) is 39.7. The van der Waals surface area contributed by atoms with Gasteiger partial charge in [-0.2, -0.15) is 4.98 Å². The number of likely N-dealkylation sites (N-methyl/N-ethyl adjacent to an activating group) is 1. The Bertz CT molecular complexity index is 1800. The largest absolute Gasteiger partial charge is 0.482 e. The van der Waals surface area contributed by atoms with Crippen molar-refractivity contribution in [1.29, 1.82) is 0 Å². The van der Waals surface area contributed by atoms with Gasteiger partial charge >= 0.3 is 0 Å². The van der Waals surface area contributed by atoms with Crippen LogP contribution in [-0.2, 0) is 23.3 Å². The van der Waals surface area contributed by atoms with Crippen molar-refractivity contribution >= 4 is 34.3 Å². The number of nitrogens with one attached hydrogen (secondary N) is 1. The Labute approximate surface area is 230 Å². The molecule has 40 heavy (non-hydrogen) atoms. The highest BCUT2D eigenvalue weighted by Gasteiger charge is 2.48. The summed E-state index contributed by atoms with van der Waals surface area (Å²) in [6.45, 7) is 2.99. The molecule has 202 valence electrons. The van der Waals surface area contributed by atoms with Crippen molar-refractivity contribution in [1.82, 2.24) is 24.2 Å². The zero-order chi connectivity index (χ0) is 27.0. The summed E-state index contributed by atoms with van der Waals surface area (Å²) in [6.07, 6.45) is 8.74. The summed E-state index contributed by atoms with van der Waals surface area (Å²) in [6, 6.07) is 12.2. The van der Waals surface area contributed by atoms with Gasteiger partial charge in [0.25, 0.3) is 11.5 Å². The second-order valence-electron chi connectivity index (χ2n) is 11.3. The predicted octanol–water partition coefficient (Wildman–Crippen LogP) is 3.49. The highest BCUT2D eigenvalue weighted by molar-refractivity contribution is 5.98. The molecule has 0 atom stereocenters. The molecular weight excluding hydrogens is 506 g/mol. The number of allylic oxidation sites excluding steroid dienone is 1. The minimum absolute atomic E-state index is 0.0233. The molecule has 1 fully saturated rings. The first-order valence-electron chi connectivity index (χ1n) is 13.8. The van der Waals surface area contributed by atoms with Crippen LogP contribution in [0.2, 0.25) is 0 Å². The first-order chi connectivity index (χ1) is 19.5. The highest BCUT2D eigenvalue weighted by atomic mass is 16.5. The molecule has 1 amide bonds. The summed E-state index contributed by atoms with van der Waals surface area (Å²) in [5.41, 5.74) is 5.81. The minimum atomic E-state index is -0.168. The second-order valence-corrected chi connectivity index (χ2v) is 11.3. The van der Waals surface area contributed by atoms with E-state index in [9.17, 15) is 9.59 Å². The summed E-state index contributed by atoms with van der Waals surface area (Å²) in [5.74, 6) is 0.992. The number of benzene rings is 2. The molecule has 5 heterocycles. The zero-order valence-corrected chi connectivity index (χ0v) is 22.3. The van der Waals surface area contributed by atoms with Crippen LogP contribution in [0.5, 0.6) is 5.75 Å². The molecule has 0 unspecified atom stereocenters. The van der Waals surface area contributed by atoms with E-state index in [1.165, 1.54) is 24.0 Å². The Hall–Kier alpha value is -4.44. The van der Waals surface area contributed by atoms with Crippen LogP contribution in [0.3, 0.4) is 0 Å². The van der Waals surface area contributed by atoms with Crippen LogP contribution in [-0.4, -0.2) is 56.9 Å². The molecule has 0 radical (unpaired) electrons. The molecule has 1 aliphatic carbocycles. The number of rotatable bonds is 2. The fourth-order valence-corrected chi connectivity index (χ4v) is 6.55. The van der Waals surface area contributed by atoms with Gasteiger partial charge in [-0.05, 0) is 67.8 Å². The van der Waals surface area contributed by atoms with Gasteiger partial charge in [0.1, 0.15) is 11.1 Å². The third-order valence-electron chi connectivity index (χ3n) is 8.57. The number of carbonyl (C=O) groups is 1. The normalized spacial score (nSPS) is 19.1. The maximum absolute atomic E-state index is 13.5. The van der Waals surface area contributed by atoms with Gasteiger partial charge in [0.15, 0.2) is 12.3 Å². The van der Waals surface area contributed by atoms with E-state index in [0.717, 1.165) is 24.5 Å². The van der Waals surface area contributed by atoms with Crippen LogP contribution in [0.4, 0.5) is 17.3 Å². The van der Waals surface area contributed by atoms with Crippen molar-refractivity contribution in [3.8, 4) is 11.4 Å². The monoisotopic (exact) mass is 535 g/mol. The number of ether oxygens (including phenoxy) is 1. The van der Waals surface area contributed by atoms with Crippen molar-refractivity contribution in [3.63, 3.8) is 0 Å². The number of aromatic nitrogens is 4. The Kier molecular flexibility index (Phi) is 5.00. The van der Waals surface area contributed by atoms with Crippen LogP contribution >= 0.6 is 0 Å². The maximum atomic E-state index is 13.5. The molecule has 1 spiro atoms. The Morgan fingerprint density at radius 2 is 1.98 bits per heavy atom. The third kappa shape index (κ3) is 3.59. The molecule has 10 heteroatoms. The molecule has 1 saturated carbocycles. The van der Waals surface area contributed by atoms with Crippen LogP contribution in [0.15, 0.2) is 59.5 Å². The number of fused-ring (bicyclic) bond motifs is 7. The quantitative estimate of drug-likeness (QED) is 0.393. The van der Waals surface area contributed by atoms with Gasteiger partial charge in [0.2, 0.25) is 5.95 Å². The molecule has 2 aromatic heterocycles. The van der Waals surface area contributed by atoms with E-state index in [-0.39, 0.29) is 18.1 Å². The van der Waals surface area contributed by atoms with Gasteiger partial charge in [-0.25, -0.2) is 14.3 Å². The Morgan fingerprint density at radius 3 is 2.85 bits per heavy atom. The molecule has 2 bridgehead atoms. The molecular formula is C30H29N7O3. The predicted molar refractivity (Wildman–Crippen MR) is 152 cm³/mol. The van der Waals surface area contributed by atoms with E-state index in [4.69, 9.17) is 9.72 Å². The maximum Gasteiger partial charge on any atom is 0.278 e. The third-order valence-corrected chi connectivity index (χ3v) is 8.57. The molecule has 1 N–H and O–H groups in total. The molecule has 8 rings (SSSR count). The van der Waals surface area contributed by atoms with Crippen molar-refractivity contribution in [2.45, 2.75) is 37.8 Å². The summed E-state index contributed by atoms with van der Waals surface area (Å²) >= 11 is 0. The first-order valence-corrected chi connectivity index (χ1v) is 13.8. The zero-order valence-electron chi connectivity index (χ0n) is 22.3. The molecule has 2 aromatic carbocycles. The number of carbonyl (C=O) groups excluding carboxylic acids is 1. The summed E-state index contributed by atoms with van der Waals surface area (Å²) < 4.78 is 9.17. The van der Waals surface area contributed by atoms with Crippen molar-refractivity contribution in [3.05, 3.63) is 76.2 Å². The van der Waals surface area contributed by atoms with Gasteiger partial charge in [-0.1, -0.05) is 18.2 Å². The van der Waals surface area contributed by atoms with Gasteiger partial charge in [0, 0.05) is 36.9 Å². The van der Waals surface area contributed by atoms with E-state index in [0.29, 0.717) is 53.3 Å². The number of amides is 1. The molecule has 3 aliphatic heterocycles. The average molecular weight is 536 g/mol. The fraction of sp³-hybridized carbons (Fsp3) is 0.333. The van der Waals surface area contributed by atoms with Gasteiger partial charge in [-0.3, -0.25) is 9.59 Å². The smallest absolute Gasteiger partial charge is 0.278 e. The van der Waals surface area contributed by atoms with E-state index in [1.54, 1.807) is 15.8 Å². The first kappa shape index (κ1) is 23.4. The lowest BCUT2D eigenvalue weighted by Gasteiger charge is -2.32. The lowest BCUT2D eigenvalue weighted by Crippen LogP contribution is -2.39. The Morgan fingerprint density at radius 1 is 1.07 bits per heavy atom. The van der Waals surface area contributed by atoms with Gasteiger partial charge in [-0.15, -0.1) is 0 Å². The molecule has 4 aliphatic rings. The van der Waals surface area contributed by atoms with E-state index in [2.05, 4.69) is 40.4 Å². The van der Waals surface area contributed by atoms with Crippen LogP contribution < -0.4 is 20.5 Å². The lowest BCUT2D eigenvalue weighted by molar-refractivity contribution is -0.121. The number of hydrogen-bond acceptors (Lipinski definition) is 7. The van der Waals surface area contributed by atoms with Crippen molar-refractivity contribution < 1.29 is 9.53 Å². The van der Waals surface area contributed by atoms with E-state index < -0.39 is 0 Å². The highest BCUT2D eigenvalue weighted by Crippen LogP contribution is 2.52. The molecule has 0 saturated heterocycles. The summed E-state index contributed by atoms with van der Waals surface area (Å²) in [7, 11) is 2.18. The van der Waals surface area contributed by atoms with Crippen LogP contribution in [0.1, 0.15) is 30.4 Å². The minimum Gasteiger partial charge on any atom is -0.482 e. The number of anilines is 3. The standard InChI is InChI=1S/C30H29N7O3/c1-34-16-19-13-20(5-7-23(19)30(18-34)9-10-30)32-29-31-15-22-27(33-29)37-21-6-8-25-24(14-21)35(26(38)17-40-25)11-3-2-4-12-36(37)28(22)39/h2,4-8,13-15H,3,9-12,16-18H2,1H3,(H,31,32,33). The fourth-order valence-electron chi connectivity index (χ4n) is 6.55. The van der Waals surface area contributed by atoms with E-state index >= 15 is 0 Å². The molecule has 4 aromatic rings. The van der Waals surface area contributed by atoms with Crippen molar-refractivity contribution in [2.24, 2.45) is 0 Å². The second kappa shape index (κ2) is 8.53. The average Bonchev–Trinajstić information content (AvgIpc) is 3.65. The summed E-state index contributed by atoms with van der Waals surface area (Å²) in [5, 5.41) is 3.81. The lowest BCUT2D eigenvalue weighted by atomic mass is 9.87.